The number of piperidine rings is 1. The molecule has 88 valence electrons. The molecule has 16 heavy (non-hydrogen) atoms. The first-order valence-corrected chi connectivity index (χ1v) is 6.01. The molecule has 0 saturated carbocycles. The van der Waals surface area contributed by atoms with Crippen LogP contribution in [-0.4, -0.2) is 19.1 Å². The van der Waals surface area contributed by atoms with E-state index in [1.165, 1.54) is 12.1 Å². The largest absolute Gasteiger partial charge is 0.317 e. The van der Waals surface area contributed by atoms with Gasteiger partial charge in [0.15, 0.2) is 0 Å². The van der Waals surface area contributed by atoms with Crippen LogP contribution in [0.2, 0.25) is 5.02 Å². The van der Waals surface area contributed by atoms with Crippen LogP contribution in [0.4, 0.5) is 4.39 Å². The van der Waals surface area contributed by atoms with E-state index in [4.69, 9.17) is 11.6 Å². The second-order valence-electron chi connectivity index (χ2n) is 4.14. The summed E-state index contributed by atoms with van der Waals surface area (Å²) in [4.78, 5) is 0. The number of nitrogens with one attached hydrogen (secondary N) is 2. The minimum absolute atomic E-state index is 0.282. The molecule has 0 unspecified atom stereocenters. The lowest BCUT2D eigenvalue weighted by atomic mass is 10.1. The monoisotopic (exact) mass is 242 g/mol. The molecule has 0 amide bonds. The van der Waals surface area contributed by atoms with Crippen molar-refractivity contribution in [3.8, 4) is 0 Å². The first-order valence-electron chi connectivity index (χ1n) is 5.64. The molecule has 1 saturated heterocycles. The van der Waals surface area contributed by atoms with Crippen LogP contribution < -0.4 is 10.6 Å². The molecule has 1 aromatic carbocycles. The molecule has 0 aromatic heterocycles. The van der Waals surface area contributed by atoms with E-state index in [1.807, 2.05) is 0 Å². The lowest BCUT2D eigenvalue weighted by Crippen LogP contribution is -2.39. The van der Waals surface area contributed by atoms with E-state index in [2.05, 4.69) is 10.6 Å². The highest BCUT2D eigenvalue weighted by molar-refractivity contribution is 6.31. The maximum absolute atomic E-state index is 12.8. The van der Waals surface area contributed by atoms with Crippen LogP contribution in [0, 0.1) is 5.82 Å². The third kappa shape index (κ3) is 3.17. The number of benzene rings is 1. The zero-order chi connectivity index (χ0) is 11.4. The number of halogens is 2. The molecule has 0 aliphatic carbocycles. The van der Waals surface area contributed by atoms with Crippen LogP contribution >= 0.6 is 11.6 Å². The topological polar surface area (TPSA) is 24.1 Å². The highest BCUT2D eigenvalue weighted by Gasteiger charge is 2.12. The molecule has 1 aromatic rings. The average Bonchev–Trinajstić information content (AvgIpc) is 2.29. The Hall–Kier alpha value is -0.640. The van der Waals surface area contributed by atoms with E-state index < -0.39 is 0 Å². The second kappa shape index (κ2) is 5.62. The molecule has 1 fully saturated rings. The molecule has 0 bridgehead atoms. The molecule has 2 rings (SSSR count). The van der Waals surface area contributed by atoms with Crippen molar-refractivity contribution >= 4 is 11.6 Å². The summed E-state index contributed by atoms with van der Waals surface area (Å²) in [5, 5.41) is 7.27. The van der Waals surface area contributed by atoms with Gasteiger partial charge in [0.2, 0.25) is 0 Å². The third-order valence-electron chi connectivity index (χ3n) is 2.94. The highest BCUT2D eigenvalue weighted by atomic mass is 35.5. The Labute approximate surface area is 100 Å². The van der Waals surface area contributed by atoms with Gasteiger partial charge in [-0.2, -0.15) is 0 Å². The van der Waals surface area contributed by atoms with Gasteiger partial charge in [-0.1, -0.05) is 17.7 Å². The van der Waals surface area contributed by atoms with Gasteiger partial charge in [-0.05, 0) is 43.6 Å². The van der Waals surface area contributed by atoms with Crippen LogP contribution in [0.15, 0.2) is 18.2 Å². The van der Waals surface area contributed by atoms with Gasteiger partial charge in [-0.25, -0.2) is 4.39 Å². The standard InChI is InChI=1S/C12H16ClFN2/c13-12-7-10(14)2-1-9(12)8-16-11-3-5-15-6-4-11/h1-2,7,11,15-16H,3-6,8H2. The molecule has 0 atom stereocenters. The predicted molar refractivity (Wildman–Crippen MR) is 64.1 cm³/mol. The van der Waals surface area contributed by atoms with Gasteiger partial charge in [0.1, 0.15) is 5.82 Å². The summed E-state index contributed by atoms with van der Waals surface area (Å²) < 4.78 is 12.8. The molecule has 0 spiro atoms. The summed E-state index contributed by atoms with van der Waals surface area (Å²) in [5.41, 5.74) is 0.960. The predicted octanol–water partition coefficient (Wildman–Crippen LogP) is 2.32. The summed E-state index contributed by atoms with van der Waals surface area (Å²) in [6.07, 6.45) is 2.28. The second-order valence-corrected chi connectivity index (χ2v) is 4.55. The highest BCUT2D eigenvalue weighted by Crippen LogP contribution is 2.17. The van der Waals surface area contributed by atoms with E-state index in [0.29, 0.717) is 17.6 Å². The Morgan fingerprint density at radius 1 is 1.38 bits per heavy atom. The van der Waals surface area contributed by atoms with Crippen molar-refractivity contribution in [2.75, 3.05) is 13.1 Å². The first-order chi connectivity index (χ1) is 7.75. The number of hydrogen-bond donors (Lipinski definition) is 2. The first kappa shape index (κ1) is 11.8. The fourth-order valence-corrected chi connectivity index (χ4v) is 2.18. The molecule has 1 heterocycles. The molecule has 1 aliphatic rings. The SMILES string of the molecule is Fc1ccc(CNC2CCNCC2)c(Cl)c1. The zero-order valence-electron chi connectivity index (χ0n) is 9.10. The van der Waals surface area contributed by atoms with Crippen molar-refractivity contribution in [2.24, 2.45) is 0 Å². The summed E-state index contributed by atoms with van der Waals surface area (Å²) >= 11 is 5.95. The third-order valence-corrected chi connectivity index (χ3v) is 3.29. The van der Waals surface area contributed by atoms with Gasteiger partial charge in [-0.3, -0.25) is 0 Å². The maximum atomic E-state index is 12.8. The molecular formula is C12H16ClFN2. The Morgan fingerprint density at radius 3 is 2.81 bits per heavy atom. The van der Waals surface area contributed by atoms with Crippen LogP contribution in [0.5, 0.6) is 0 Å². The number of rotatable bonds is 3. The van der Waals surface area contributed by atoms with Crippen LogP contribution in [0.3, 0.4) is 0 Å². The van der Waals surface area contributed by atoms with E-state index in [1.54, 1.807) is 6.07 Å². The fourth-order valence-electron chi connectivity index (χ4n) is 1.95. The van der Waals surface area contributed by atoms with Crippen molar-refractivity contribution in [1.82, 2.24) is 10.6 Å². The number of hydrogen-bond acceptors (Lipinski definition) is 2. The smallest absolute Gasteiger partial charge is 0.124 e. The Kier molecular flexibility index (Phi) is 4.16. The Morgan fingerprint density at radius 2 is 2.12 bits per heavy atom. The minimum atomic E-state index is -0.282. The Balaban J connectivity index is 1.88. The van der Waals surface area contributed by atoms with Gasteiger partial charge in [0.25, 0.3) is 0 Å². The van der Waals surface area contributed by atoms with Gasteiger partial charge in [-0.15, -0.1) is 0 Å². The lowest BCUT2D eigenvalue weighted by molar-refractivity contribution is 0.386. The molecule has 2 nitrogen and oxygen atoms in total. The van der Waals surface area contributed by atoms with E-state index in [0.717, 1.165) is 31.5 Å². The lowest BCUT2D eigenvalue weighted by Gasteiger charge is -2.24. The summed E-state index contributed by atoms with van der Waals surface area (Å²) in [6, 6.07) is 5.10. The van der Waals surface area contributed by atoms with Crippen LogP contribution in [-0.2, 0) is 6.54 Å². The van der Waals surface area contributed by atoms with Crippen molar-refractivity contribution < 1.29 is 4.39 Å². The van der Waals surface area contributed by atoms with Crippen molar-refractivity contribution in [1.29, 1.82) is 0 Å². The fraction of sp³-hybridized carbons (Fsp3) is 0.500. The summed E-state index contributed by atoms with van der Waals surface area (Å²) in [6.45, 7) is 2.84. The van der Waals surface area contributed by atoms with Crippen LogP contribution in [0.1, 0.15) is 18.4 Å². The molecular weight excluding hydrogens is 227 g/mol. The van der Waals surface area contributed by atoms with E-state index in [9.17, 15) is 4.39 Å². The summed E-state index contributed by atoms with van der Waals surface area (Å²) in [7, 11) is 0. The molecule has 2 N–H and O–H groups in total. The van der Waals surface area contributed by atoms with Gasteiger partial charge in [0, 0.05) is 17.6 Å². The van der Waals surface area contributed by atoms with Crippen molar-refractivity contribution in [3.05, 3.63) is 34.6 Å². The zero-order valence-corrected chi connectivity index (χ0v) is 9.86. The summed E-state index contributed by atoms with van der Waals surface area (Å²) in [5.74, 6) is -0.282. The Bertz CT molecular complexity index is 351. The average molecular weight is 243 g/mol. The molecule has 0 radical (unpaired) electrons. The minimum Gasteiger partial charge on any atom is -0.317 e. The van der Waals surface area contributed by atoms with Crippen LogP contribution in [0.25, 0.3) is 0 Å². The van der Waals surface area contributed by atoms with Crippen molar-refractivity contribution in [2.45, 2.75) is 25.4 Å². The van der Waals surface area contributed by atoms with E-state index in [-0.39, 0.29) is 5.82 Å². The van der Waals surface area contributed by atoms with Gasteiger partial charge < -0.3 is 10.6 Å². The molecule has 1 aliphatic heterocycles. The maximum Gasteiger partial charge on any atom is 0.124 e. The quantitative estimate of drug-likeness (QED) is 0.850. The normalized spacial score (nSPS) is 17.6. The van der Waals surface area contributed by atoms with Crippen molar-refractivity contribution in [3.63, 3.8) is 0 Å². The van der Waals surface area contributed by atoms with E-state index >= 15 is 0 Å². The van der Waals surface area contributed by atoms with Gasteiger partial charge >= 0.3 is 0 Å². The van der Waals surface area contributed by atoms with Gasteiger partial charge in [0.05, 0.1) is 0 Å². The molecule has 4 heteroatoms.